The Kier molecular flexibility index (Phi) is 4.53. The van der Waals surface area contributed by atoms with E-state index in [9.17, 15) is 9.90 Å². The van der Waals surface area contributed by atoms with Gasteiger partial charge >= 0.3 is 5.97 Å². The summed E-state index contributed by atoms with van der Waals surface area (Å²) in [6.45, 7) is 2.11. The minimum absolute atomic E-state index is 0.0388. The molecule has 19 heavy (non-hydrogen) atoms. The molecule has 0 radical (unpaired) electrons. The van der Waals surface area contributed by atoms with Crippen LogP contribution in [0.2, 0.25) is 0 Å². The molecule has 2 aromatic rings. The third-order valence-electron chi connectivity index (χ3n) is 3.04. The first kappa shape index (κ1) is 13.6. The van der Waals surface area contributed by atoms with Crippen LogP contribution in [-0.2, 0) is 16.0 Å². The number of carbonyl (C=O) groups is 1. The van der Waals surface area contributed by atoms with E-state index in [2.05, 4.69) is 0 Å². The van der Waals surface area contributed by atoms with Crippen LogP contribution in [0.15, 0.2) is 42.5 Å². The molecule has 100 valence electrons. The summed E-state index contributed by atoms with van der Waals surface area (Å²) < 4.78 is 4.84. The van der Waals surface area contributed by atoms with Crippen LogP contribution in [-0.4, -0.2) is 23.8 Å². The number of rotatable bonds is 5. The van der Waals surface area contributed by atoms with Crippen LogP contribution in [0.5, 0.6) is 0 Å². The van der Waals surface area contributed by atoms with Gasteiger partial charge in [0.1, 0.15) is 0 Å². The number of hydrogen-bond donors (Lipinski definition) is 1. The van der Waals surface area contributed by atoms with Gasteiger partial charge in [-0.3, -0.25) is 4.79 Å². The molecule has 2 aromatic carbocycles. The molecule has 0 aliphatic rings. The van der Waals surface area contributed by atoms with E-state index in [1.54, 1.807) is 6.92 Å². The van der Waals surface area contributed by atoms with E-state index in [0.717, 1.165) is 16.3 Å². The lowest BCUT2D eigenvalue weighted by Gasteiger charge is -2.12. The van der Waals surface area contributed by atoms with Gasteiger partial charge in [-0.25, -0.2) is 0 Å². The second kappa shape index (κ2) is 6.34. The minimum Gasteiger partial charge on any atom is -0.466 e. The largest absolute Gasteiger partial charge is 0.466 e. The van der Waals surface area contributed by atoms with Crippen molar-refractivity contribution in [1.29, 1.82) is 0 Å². The molecule has 2 rings (SSSR count). The van der Waals surface area contributed by atoms with Crippen LogP contribution < -0.4 is 0 Å². The molecule has 1 N–H and O–H groups in total. The van der Waals surface area contributed by atoms with E-state index in [1.807, 2.05) is 42.5 Å². The van der Waals surface area contributed by atoms with Gasteiger partial charge in [0.25, 0.3) is 0 Å². The molecular weight excluding hydrogens is 240 g/mol. The molecule has 0 heterocycles. The highest BCUT2D eigenvalue weighted by molar-refractivity contribution is 5.85. The van der Waals surface area contributed by atoms with Crippen LogP contribution >= 0.6 is 0 Å². The Morgan fingerprint density at radius 3 is 2.74 bits per heavy atom. The first-order valence-corrected chi connectivity index (χ1v) is 6.51. The summed E-state index contributed by atoms with van der Waals surface area (Å²) in [6, 6.07) is 14.0. The van der Waals surface area contributed by atoms with E-state index in [1.165, 1.54) is 0 Å². The van der Waals surface area contributed by atoms with Gasteiger partial charge in [0.2, 0.25) is 0 Å². The number of aliphatic hydroxyl groups excluding tert-OH is 1. The molecule has 0 unspecified atom stereocenters. The molecule has 0 aromatic heterocycles. The van der Waals surface area contributed by atoms with E-state index >= 15 is 0 Å². The van der Waals surface area contributed by atoms with Gasteiger partial charge in [-0.05, 0) is 29.7 Å². The lowest BCUT2D eigenvalue weighted by Crippen LogP contribution is -2.18. The van der Waals surface area contributed by atoms with Crippen molar-refractivity contribution in [3.8, 4) is 0 Å². The zero-order valence-electron chi connectivity index (χ0n) is 11.0. The fraction of sp³-hybridized carbons (Fsp3) is 0.312. The first-order chi connectivity index (χ1) is 9.20. The number of hydrogen-bond acceptors (Lipinski definition) is 3. The molecule has 0 aliphatic heterocycles. The predicted octanol–water partition coefficient (Wildman–Crippen LogP) is 2.70. The Balaban J connectivity index is 2.10. The highest BCUT2D eigenvalue weighted by Gasteiger charge is 2.13. The Bertz CT molecular complexity index is 557. The minimum atomic E-state index is -0.704. The third kappa shape index (κ3) is 3.55. The molecule has 3 nitrogen and oxygen atoms in total. The summed E-state index contributed by atoms with van der Waals surface area (Å²) in [5, 5.41) is 12.2. The van der Waals surface area contributed by atoms with Gasteiger partial charge in [0.05, 0.1) is 19.1 Å². The van der Waals surface area contributed by atoms with Crippen molar-refractivity contribution in [2.45, 2.75) is 25.9 Å². The fourth-order valence-corrected chi connectivity index (χ4v) is 2.21. The third-order valence-corrected chi connectivity index (χ3v) is 3.04. The quantitative estimate of drug-likeness (QED) is 0.839. The number of carbonyl (C=O) groups excluding carboxylic acids is 1. The summed E-state index contributed by atoms with van der Waals surface area (Å²) in [5.74, 6) is -0.352. The van der Waals surface area contributed by atoms with Crippen LogP contribution in [0.1, 0.15) is 18.9 Å². The first-order valence-electron chi connectivity index (χ1n) is 6.51. The highest BCUT2D eigenvalue weighted by Crippen LogP contribution is 2.20. The Labute approximate surface area is 112 Å². The Morgan fingerprint density at radius 1 is 1.21 bits per heavy atom. The molecule has 0 fully saturated rings. The van der Waals surface area contributed by atoms with Crippen molar-refractivity contribution >= 4 is 16.7 Å². The number of esters is 1. The zero-order chi connectivity index (χ0) is 13.7. The van der Waals surface area contributed by atoms with E-state index in [-0.39, 0.29) is 12.4 Å². The van der Waals surface area contributed by atoms with Gasteiger partial charge in [-0.2, -0.15) is 0 Å². The van der Waals surface area contributed by atoms with E-state index < -0.39 is 6.10 Å². The molecule has 3 heteroatoms. The van der Waals surface area contributed by atoms with Gasteiger partial charge in [-0.1, -0.05) is 42.5 Å². The molecule has 0 saturated carbocycles. The smallest absolute Gasteiger partial charge is 0.308 e. The van der Waals surface area contributed by atoms with Crippen molar-refractivity contribution in [3.63, 3.8) is 0 Å². The monoisotopic (exact) mass is 258 g/mol. The van der Waals surface area contributed by atoms with Crippen molar-refractivity contribution in [2.24, 2.45) is 0 Å². The Hall–Kier alpha value is -1.87. The van der Waals surface area contributed by atoms with Crippen LogP contribution in [0.3, 0.4) is 0 Å². The lowest BCUT2D eigenvalue weighted by molar-refractivity contribution is -0.145. The second-order valence-corrected chi connectivity index (χ2v) is 4.51. The average Bonchev–Trinajstić information content (AvgIpc) is 2.39. The summed E-state index contributed by atoms with van der Waals surface area (Å²) in [6.07, 6.45) is -0.207. The predicted molar refractivity (Wildman–Crippen MR) is 74.9 cm³/mol. The highest BCUT2D eigenvalue weighted by atomic mass is 16.5. The molecule has 0 amide bonds. The Morgan fingerprint density at radius 2 is 1.95 bits per heavy atom. The van der Waals surface area contributed by atoms with Gasteiger partial charge in [0, 0.05) is 0 Å². The van der Waals surface area contributed by atoms with Crippen molar-refractivity contribution < 1.29 is 14.6 Å². The molecule has 0 saturated heterocycles. The van der Waals surface area contributed by atoms with Crippen LogP contribution in [0.4, 0.5) is 0 Å². The number of fused-ring (bicyclic) bond motifs is 1. The maximum absolute atomic E-state index is 11.3. The van der Waals surface area contributed by atoms with Crippen LogP contribution in [0, 0.1) is 0 Å². The molecule has 1 atom stereocenters. The normalized spacial score (nSPS) is 12.3. The van der Waals surface area contributed by atoms with Crippen molar-refractivity contribution in [1.82, 2.24) is 0 Å². The topological polar surface area (TPSA) is 46.5 Å². The molecule has 0 spiro atoms. The summed E-state index contributed by atoms with van der Waals surface area (Å²) >= 11 is 0. The summed E-state index contributed by atoms with van der Waals surface area (Å²) in [7, 11) is 0. The van der Waals surface area contributed by atoms with Crippen LogP contribution in [0.25, 0.3) is 10.8 Å². The van der Waals surface area contributed by atoms with E-state index in [4.69, 9.17) is 4.74 Å². The van der Waals surface area contributed by atoms with Gasteiger partial charge in [-0.15, -0.1) is 0 Å². The van der Waals surface area contributed by atoms with Crippen molar-refractivity contribution in [3.05, 3.63) is 48.0 Å². The van der Waals surface area contributed by atoms with Gasteiger partial charge in [0.15, 0.2) is 0 Å². The standard InChI is InChI=1S/C16H18O3/c1-2-19-16(18)11-14(17)10-13-8-5-7-12-6-3-4-9-15(12)13/h3-9,14,17H,2,10-11H2,1H3/t14-/m0/s1. The maximum Gasteiger partial charge on any atom is 0.308 e. The zero-order valence-corrected chi connectivity index (χ0v) is 11.0. The van der Waals surface area contributed by atoms with E-state index in [0.29, 0.717) is 13.0 Å². The molecule has 0 aliphatic carbocycles. The SMILES string of the molecule is CCOC(=O)C[C@@H](O)Cc1cccc2ccccc12. The number of benzene rings is 2. The van der Waals surface area contributed by atoms with Gasteiger partial charge < -0.3 is 9.84 Å². The second-order valence-electron chi connectivity index (χ2n) is 4.51. The fourth-order valence-electron chi connectivity index (χ4n) is 2.21. The van der Waals surface area contributed by atoms with Crippen molar-refractivity contribution in [2.75, 3.05) is 6.61 Å². The number of ether oxygens (including phenoxy) is 1. The summed E-state index contributed by atoms with van der Waals surface area (Å²) in [5.41, 5.74) is 1.05. The maximum atomic E-state index is 11.3. The summed E-state index contributed by atoms with van der Waals surface area (Å²) in [4.78, 5) is 11.3. The molecular formula is C16H18O3. The number of aliphatic hydroxyl groups is 1. The average molecular weight is 258 g/mol. The lowest BCUT2D eigenvalue weighted by atomic mass is 9.99. The molecule has 0 bridgehead atoms.